The topological polar surface area (TPSA) is 270 Å². The van der Waals surface area contributed by atoms with E-state index in [-0.39, 0.29) is 110 Å². The number of rotatable bonds is 37. The third-order valence-corrected chi connectivity index (χ3v) is 20.2. The number of ether oxygens (including phenoxy) is 1. The molecule has 2 aromatic heterocycles. The number of nitrogens with one attached hydrogen (secondary N) is 2. The SMILES string of the molecule is C.C.C.CC(CC(=O)NCCCN(C(=O)c1cc([N+](=O)[O-])cc([N+](=O)[O-])c1)c1ccccc1)CC(C)(C)C.CCCCC/C(=C\c1ccccc1)CN(CCc1c[nH]c2ccccc12)C(=O)c1ccc(Cl)c([N+](=O)[O-])c1.CCOCCCN(CC(=O)N(Cc1cccn1Cc1ccc(F)cc1)C1CCCCC1)C(=O)C(C)(C)CCl. The molecule has 9 rings (SSSR count). The Morgan fingerprint density at radius 2 is 1.36 bits per heavy atom. The number of nitro groups is 3. The molecule has 1 atom stereocenters. The number of nitrogens with zero attached hydrogens (tertiary/aromatic N) is 8. The van der Waals surface area contributed by atoms with Crippen LogP contribution in [0.25, 0.3) is 17.0 Å². The van der Waals surface area contributed by atoms with E-state index in [9.17, 15) is 58.7 Å². The van der Waals surface area contributed by atoms with E-state index in [4.69, 9.17) is 27.9 Å². The lowest BCUT2D eigenvalue weighted by atomic mass is 9.84. The number of benzene rings is 6. The van der Waals surface area contributed by atoms with Crippen LogP contribution >= 0.6 is 23.2 Å². The van der Waals surface area contributed by atoms with Crippen LogP contribution in [-0.4, -0.2) is 133 Å². The standard InChI is InChI=1S/C31H32ClN3O3.C30H43ClFN3O3.C25H32N4O6.3CH4/c1-2-3-5-12-24(19-23-10-6-4-7-11-23)22-34(18-17-26-21-33-29-14-9-8-13-27(26)29)31(36)25-15-16-28(32)30(20-25)35(37)38;1-4-38-19-9-18-34(29(37)30(2,3)23-31)22-28(36)35(26-10-6-5-7-11-26)21-27-12-8-17-33(27)20-24-13-15-25(32)16-14-24;1-18(17-25(2,3)4)13-23(30)26-11-8-12-27(20-9-6-5-7-10-20)24(31)19-14-21(28(32)33)16-22(15-19)29(34)35;;;/h4,6-11,13-16,19-21,33H,2-3,5,12,17-18,22H2,1H3;8,12-17,26H,4-7,9-11,18-23H2,1-3H3;5-7,9-10,14-16,18H,8,11-13,17H2,1-4H3,(H,26,30);3*1H4/b24-19+;;;;;. The van der Waals surface area contributed by atoms with Crippen LogP contribution in [0.4, 0.5) is 27.1 Å². The lowest BCUT2D eigenvalue weighted by Crippen LogP contribution is -2.50. The van der Waals surface area contributed by atoms with E-state index in [2.05, 4.69) is 66.8 Å². The van der Waals surface area contributed by atoms with Crippen LogP contribution in [0.2, 0.25) is 5.02 Å². The molecule has 1 aliphatic carbocycles. The number of aromatic amines is 1. The average molecular weight is 1610 g/mol. The number of anilines is 1. The summed E-state index contributed by atoms with van der Waals surface area (Å²) in [5.41, 5.74) is 5.11. The number of hydrogen-bond donors (Lipinski definition) is 2. The van der Waals surface area contributed by atoms with Gasteiger partial charge < -0.3 is 39.2 Å². The van der Waals surface area contributed by atoms with Gasteiger partial charge in [0, 0.05) is 129 Å². The number of H-pyrrole nitrogens is 1. The molecule has 114 heavy (non-hydrogen) atoms. The number of halogens is 3. The Balaban J connectivity index is 0.000000356. The van der Waals surface area contributed by atoms with Gasteiger partial charge in [-0.1, -0.05) is 191 Å². The number of aromatic nitrogens is 2. The normalized spacial score (nSPS) is 12.4. The van der Waals surface area contributed by atoms with Crippen molar-refractivity contribution < 1.29 is 47.9 Å². The van der Waals surface area contributed by atoms with E-state index in [1.807, 2.05) is 93.5 Å². The van der Waals surface area contributed by atoms with Crippen molar-refractivity contribution in [3.05, 3.63) is 250 Å². The largest absolute Gasteiger partial charge is 0.382 e. The predicted octanol–water partition coefficient (Wildman–Crippen LogP) is 21.0. The second-order valence-corrected chi connectivity index (χ2v) is 30.8. The number of para-hydroxylation sites is 2. The zero-order chi connectivity index (χ0) is 80.6. The zero-order valence-electron chi connectivity index (χ0n) is 65.2. The number of unbranched alkanes of at least 4 members (excludes halogenated alkanes) is 2. The van der Waals surface area contributed by atoms with Crippen molar-refractivity contribution in [2.45, 2.75) is 187 Å². The number of fused-ring (bicyclic) bond motifs is 1. The summed E-state index contributed by atoms with van der Waals surface area (Å²) in [6.07, 6.45) is 18.7. The van der Waals surface area contributed by atoms with E-state index >= 15 is 0 Å². The minimum atomic E-state index is -0.771. The second-order valence-electron chi connectivity index (χ2n) is 30.1. The van der Waals surface area contributed by atoms with Crippen LogP contribution in [-0.2, 0) is 38.6 Å². The van der Waals surface area contributed by atoms with Crippen LogP contribution in [0.3, 0.4) is 0 Å². The molecule has 0 spiro atoms. The molecule has 2 heterocycles. The maximum absolute atomic E-state index is 13.9. The summed E-state index contributed by atoms with van der Waals surface area (Å²) in [6, 6.07) is 44.7. The summed E-state index contributed by atoms with van der Waals surface area (Å²) in [4.78, 5) is 109. The first-order valence-corrected chi connectivity index (χ1v) is 39.2. The van der Waals surface area contributed by atoms with Gasteiger partial charge in [-0.2, -0.15) is 0 Å². The first-order chi connectivity index (χ1) is 53.1. The van der Waals surface area contributed by atoms with Crippen LogP contribution in [0.5, 0.6) is 0 Å². The fraction of sp³-hybridized carbons (Fsp3) is 0.449. The van der Waals surface area contributed by atoms with Crippen LogP contribution in [0.15, 0.2) is 176 Å². The fourth-order valence-corrected chi connectivity index (χ4v) is 14.0. The maximum Gasteiger partial charge on any atom is 0.288 e. The van der Waals surface area contributed by atoms with Crippen molar-refractivity contribution in [1.82, 2.24) is 29.6 Å². The molecule has 0 radical (unpaired) electrons. The summed E-state index contributed by atoms with van der Waals surface area (Å²) in [6.45, 7) is 20.4. The van der Waals surface area contributed by atoms with Crippen molar-refractivity contribution in [1.29, 1.82) is 0 Å². The van der Waals surface area contributed by atoms with E-state index in [0.717, 1.165) is 115 Å². The number of carbonyl (C=O) groups is 5. The van der Waals surface area contributed by atoms with Gasteiger partial charge in [-0.05, 0) is 155 Å². The zero-order valence-corrected chi connectivity index (χ0v) is 66.7. The minimum absolute atomic E-state index is 0. The molecule has 8 aromatic rings. The smallest absolute Gasteiger partial charge is 0.288 e. The lowest BCUT2D eigenvalue weighted by molar-refractivity contribution is -0.394. The van der Waals surface area contributed by atoms with Crippen molar-refractivity contribution in [3.8, 4) is 0 Å². The summed E-state index contributed by atoms with van der Waals surface area (Å²) in [7, 11) is 0. The molecule has 618 valence electrons. The number of carbonyl (C=O) groups excluding carboxylic acids is 5. The average Bonchev–Trinajstić information content (AvgIpc) is 1.16. The molecule has 1 saturated carbocycles. The van der Waals surface area contributed by atoms with Gasteiger partial charge in [-0.15, -0.1) is 11.6 Å². The highest BCUT2D eigenvalue weighted by Crippen LogP contribution is 2.32. The third kappa shape index (κ3) is 30.7. The van der Waals surface area contributed by atoms with Crippen molar-refractivity contribution in [3.63, 3.8) is 0 Å². The molecular formula is C89H119Cl2FN10O12. The Morgan fingerprint density at radius 3 is 1.98 bits per heavy atom. The van der Waals surface area contributed by atoms with Crippen LogP contribution in [0.1, 0.15) is 204 Å². The van der Waals surface area contributed by atoms with Crippen LogP contribution < -0.4 is 10.2 Å². The Bertz CT molecular complexity index is 4360. The van der Waals surface area contributed by atoms with Gasteiger partial charge >= 0.3 is 0 Å². The van der Waals surface area contributed by atoms with Crippen molar-refractivity contribution in [2.75, 3.05) is 63.3 Å². The van der Waals surface area contributed by atoms with E-state index in [0.29, 0.717) is 83.9 Å². The third-order valence-electron chi connectivity index (χ3n) is 19.2. The van der Waals surface area contributed by atoms with Gasteiger partial charge in [-0.25, -0.2) is 4.39 Å². The van der Waals surface area contributed by atoms with E-state index < -0.39 is 37.5 Å². The molecule has 2 N–H and O–H groups in total. The number of hydrogen-bond acceptors (Lipinski definition) is 12. The van der Waals surface area contributed by atoms with Gasteiger partial charge in [0.1, 0.15) is 10.8 Å². The summed E-state index contributed by atoms with van der Waals surface area (Å²) >= 11 is 12.2. The molecule has 5 amide bonds. The predicted molar refractivity (Wildman–Crippen MR) is 458 cm³/mol. The molecule has 6 aromatic carbocycles. The first-order valence-electron chi connectivity index (χ1n) is 38.3. The molecule has 1 unspecified atom stereocenters. The summed E-state index contributed by atoms with van der Waals surface area (Å²) < 4.78 is 21.0. The Labute approximate surface area is 683 Å². The molecular weight excluding hydrogens is 1490 g/mol. The molecule has 0 aliphatic heterocycles. The monoisotopic (exact) mass is 1610 g/mol. The van der Waals surface area contributed by atoms with Gasteiger partial charge in [0.05, 0.1) is 44.9 Å². The minimum Gasteiger partial charge on any atom is -0.382 e. The molecule has 0 bridgehead atoms. The Morgan fingerprint density at radius 1 is 0.711 bits per heavy atom. The number of nitro benzene ring substituents is 3. The van der Waals surface area contributed by atoms with Crippen molar-refractivity contribution >= 4 is 92.5 Å². The maximum atomic E-state index is 13.9. The highest BCUT2D eigenvalue weighted by molar-refractivity contribution is 6.32. The molecule has 1 fully saturated rings. The fourth-order valence-electron chi connectivity index (χ4n) is 13.7. The van der Waals surface area contributed by atoms with Gasteiger partial charge in [0.2, 0.25) is 17.7 Å². The van der Waals surface area contributed by atoms with Crippen LogP contribution in [0, 0.1) is 52.9 Å². The number of alkyl halides is 1. The molecule has 25 heteroatoms. The second kappa shape index (κ2) is 48.2. The number of non-ortho nitro benzene ring substituents is 2. The van der Waals surface area contributed by atoms with Gasteiger partial charge in [0.15, 0.2) is 0 Å². The summed E-state index contributed by atoms with van der Waals surface area (Å²) in [5, 5.41) is 38.0. The van der Waals surface area contributed by atoms with Crippen molar-refractivity contribution in [2.24, 2.45) is 16.7 Å². The van der Waals surface area contributed by atoms with E-state index in [1.165, 1.54) is 35.6 Å². The van der Waals surface area contributed by atoms with Gasteiger partial charge in [0.25, 0.3) is 28.9 Å². The number of amides is 5. The first kappa shape index (κ1) is 96.3. The Hall–Kier alpha value is -10.1. The quantitative estimate of drug-likeness (QED) is 0.0159. The molecule has 22 nitrogen and oxygen atoms in total. The lowest BCUT2D eigenvalue weighted by Gasteiger charge is -2.37. The van der Waals surface area contributed by atoms with E-state index in [1.54, 1.807) is 58.3 Å². The summed E-state index contributed by atoms with van der Waals surface area (Å²) in [5.74, 6) is -0.899. The Kier molecular flexibility index (Phi) is 40.7. The van der Waals surface area contributed by atoms with Gasteiger partial charge in [-0.3, -0.25) is 54.3 Å². The highest BCUT2D eigenvalue weighted by atomic mass is 35.5. The molecule has 0 saturated heterocycles. The molecule has 1 aliphatic rings. The highest BCUT2D eigenvalue weighted by Gasteiger charge is 2.35.